The molecule has 0 spiro atoms. The minimum Gasteiger partial charge on any atom is -0.466 e. The van der Waals surface area contributed by atoms with Crippen LogP contribution in [0.15, 0.2) is 12.2 Å². The average molecular weight is 425 g/mol. The molecule has 176 valence electrons. The highest BCUT2D eigenvalue weighted by Gasteiger charge is 1.96. The summed E-state index contributed by atoms with van der Waals surface area (Å²) in [5.74, 6) is -0.331. The van der Waals surface area contributed by atoms with Crippen molar-refractivity contribution in [3.05, 3.63) is 12.2 Å². The third-order valence-electron chi connectivity index (χ3n) is 5.31. The molecule has 4 heteroatoms. The molecule has 0 heterocycles. The predicted molar refractivity (Wildman–Crippen MR) is 126 cm³/mol. The van der Waals surface area contributed by atoms with E-state index in [0.717, 1.165) is 12.8 Å². The molecule has 0 atom stereocenters. The van der Waals surface area contributed by atoms with Crippen LogP contribution in [0, 0.1) is 0 Å². The number of ether oxygens (including phenoxy) is 2. The number of rotatable bonds is 22. The van der Waals surface area contributed by atoms with Gasteiger partial charge in [-0.2, -0.15) is 0 Å². The van der Waals surface area contributed by atoms with E-state index in [0.29, 0.717) is 13.2 Å². The largest absolute Gasteiger partial charge is 0.466 e. The van der Waals surface area contributed by atoms with Crippen LogP contribution in [-0.4, -0.2) is 25.2 Å². The lowest BCUT2D eigenvalue weighted by molar-refractivity contribution is -0.142. The molecule has 0 saturated heterocycles. The van der Waals surface area contributed by atoms with Gasteiger partial charge in [-0.15, -0.1) is 0 Å². The van der Waals surface area contributed by atoms with Crippen LogP contribution in [0.5, 0.6) is 0 Å². The van der Waals surface area contributed by atoms with Gasteiger partial charge in [-0.25, -0.2) is 0 Å². The highest BCUT2D eigenvalue weighted by molar-refractivity contribution is 5.66. The molecule has 0 amide bonds. The fraction of sp³-hybridized carbons (Fsp3) is 0.846. The van der Waals surface area contributed by atoms with Crippen molar-refractivity contribution in [1.29, 1.82) is 0 Å². The summed E-state index contributed by atoms with van der Waals surface area (Å²) in [6, 6.07) is 0. The van der Waals surface area contributed by atoms with Crippen molar-refractivity contribution < 1.29 is 19.1 Å². The summed E-state index contributed by atoms with van der Waals surface area (Å²) in [5.41, 5.74) is 0. The van der Waals surface area contributed by atoms with Gasteiger partial charge in [0.15, 0.2) is 0 Å². The highest BCUT2D eigenvalue weighted by Crippen LogP contribution is 2.12. The van der Waals surface area contributed by atoms with E-state index in [9.17, 15) is 9.59 Å². The number of hydrogen-bond donors (Lipinski definition) is 0. The molecule has 30 heavy (non-hydrogen) atoms. The van der Waals surface area contributed by atoms with Gasteiger partial charge in [-0.05, 0) is 38.5 Å². The zero-order valence-corrected chi connectivity index (χ0v) is 19.9. The van der Waals surface area contributed by atoms with Gasteiger partial charge < -0.3 is 9.47 Å². The van der Waals surface area contributed by atoms with Crippen LogP contribution in [0.4, 0.5) is 0 Å². The molecule has 0 aromatic rings. The Morgan fingerprint density at radius 1 is 0.467 bits per heavy atom. The molecule has 0 aromatic carbocycles. The van der Waals surface area contributed by atoms with E-state index in [1.807, 2.05) is 0 Å². The Morgan fingerprint density at radius 2 is 0.733 bits per heavy atom. The Labute approximate surface area is 186 Å². The fourth-order valence-corrected chi connectivity index (χ4v) is 3.52. The maximum absolute atomic E-state index is 10.6. The number of unbranched alkanes of at least 4 members (excludes halogenated alkanes) is 16. The molecule has 0 unspecified atom stereocenters. The Balaban J connectivity index is 3.10. The minimum atomic E-state index is -0.166. The highest BCUT2D eigenvalue weighted by atomic mass is 16.5. The van der Waals surface area contributed by atoms with E-state index >= 15 is 0 Å². The SMILES string of the molecule is CC(=O)OCCCCCCCCCCC=CCCCCCCCCCCOC(C)=O. The summed E-state index contributed by atoms with van der Waals surface area (Å²) >= 11 is 0. The van der Waals surface area contributed by atoms with E-state index < -0.39 is 0 Å². The van der Waals surface area contributed by atoms with Crippen molar-refractivity contribution in [3.8, 4) is 0 Å². The first kappa shape index (κ1) is 28.7. The molecule has 0 aliphatic heterocycles. The summed E-state index contributed by atoms with van der Waals surface area (Å²) in [4.78, 5) is 21.3. The summed E-state index contributed by atoms with van der Waals surface area (Å²) in [6.07, 6.45) is 27.4. The Bertz CT molecular complexity index is 379. The molecule has 0 aromatic heterocycles. The topological polar surface area (TPSA) is 52.6 Å². The van der Waals surface area contributed by atoms with Crippen molar-refractivity contribution in [1.82, 2.24) is 0 Å². The van der Waals surface area contributed by atoms with E-state index in [2.05, 4.69) is 12.2 Å². The van der Waals surface area contributed by atoms with Crippen LogP contribution < -0.4 is 0 Å². The molecule has 0 bridgehead atoms. The Kier molecular flexibility index (Phi) is 22.9. The van der Waals surface area contributed by atoms with Gasteiger partial charge in [-0.1, -0.05) is 89.2 Å². The van der Waals surface area contributed by atoms with Crippen molar-refractivity contribution in [2.75, 3.05) is 13.2 Å². The van der Waals surface area contributed by atoms with E-state index in [1.165, 1.54) is 117 Å². The molecule has 0 aliphatic rings. The van der Waals surface area contributed by atoms with Gasteiger partial charge in [-0.3, -0.25) is 9.59 Å². The standard InChI is InChI=1S/C26H48O4/c1-25(27)29-23-21-19-17-15-13-11-9-7-5-3-4-6-8-10-12-14-16-18-20-22-24-30-26(2)28/h3-4H,5-24H2,1-2H3. The second kappa shape index (κ2) is 24.0. The monoisotopic (exact) mass is 424 g/mol. The van der Waals surface area contributed by atoms with Crippen LogP contribution >= 0.6 is 0 Å². The van der Waals surface area contributed by atoms with Crippen LogP contribution in [-0.2, 0) is 19.1 Å². The van der Waals surface area contributed by atoms with Crippen molar-refractivity contribution in [2.24, 2.45) is 0 Å². The van der Waals surface area contributed by atoms with Crippen LogP contribution in [0.25, 0.3) is 0 Å². The third kappa shape index (κ3) is 26.7. The predicted octanol–water partition coefficient (Wildman–Crippen LogP) is 7.69. The maximum atomic E-state index is 10.6. The molecule has 0 fully saturated rings. The molecule has 4 nitrogen and oxygen atoms in total. The lowest BCUT2D eigenvalue weighted by atomic mass is 10.1. The lowest BCUT2D eigenvalue weighted by Gasteiger charge is -2.03. The number of allylic oxidation sites excluding steroid dienone is 2. The van der Waals surface area contributed by atoms with Gasteiger partial charge in [0.2, 0.25) is 0 Å². The number of carbonyl (C=O) groups is 2. The van der Waals surface area contributed by atoms with Gasteiger partial charge >= 0.3 is 11.9 Å². The third-order valence-corrected chi connectivity index (χ3v) is 5.31. The Hall–Kier alpha value is -1.32. The summed E-state index contributed by atoms with van der Waals surface area (Å²) < 4.78 is 9.87. The smallest absolute Gasteiger partial charge is 0.302 e. The van der Waals surface area contributed by atoms with E-state index in [4.69, 9.17) is 9.47 Å². The van der Waals surface area contributed by atoms with Crippen LogP contribution in [0.3, 0.4) is 0 Å². The molecule has 0 radical (unpaired) electrons. The number of hydrogen-bond acceptors (Lipinski definition) is 4. The second-order valence-electron chi connectivity index (χ2n) is 8.39. The molecular formula is C26H48O4. The van der Waals surface area contributed by atoms with Gasteiger partial charge in [0.25, 0.3) is 0 Å². The molecule has 0 aliphatic carbocycles. The Morgan fingerprint density at radius 3 is 1.03 bits per heavy atom. The van der Waals surface area contributed by atoms with Crippen LogP contribution in [0.1, 0.15) is 129 Å². The fourth-order valence-electron chi connectivity index (χ4n) is 3.52. The normalized spacial score (nSPS) is 11.1. The van der Waals surface area contributed by atoms with Crippen molar-refractivity contribution in [3.63, 3.8) is 0 Å². The molecule has 0 rings (SSSR count). The summed E-state index contributed by atoms with van der Waals surface area (Å²) in [7, 11) is 0. The van der Waals surface area contributed by atoms with Gasteiger partial charge in [0.05, 0.1) is 13.2 Å². The second-order valence-corrected chi connectivity index (χ2v) is 8.39. The zero-order valence-electron chi connectivity index (χ0n) is 19.9. The van der Waals surface area contributed by atoms with Crippen molar-refractivity contribution >= 4 is 11.9 Å². The lowest BCUT2D eigenvalue weighted by Crippen LogP contribution is -2.00. The van der Waals surface area contributed by atoms with Crippen molar-refractivity contribution in [2.45, 2.75) is 129 Å². The molecule has 0 N–H and O–H groups in total. The number of esters is 2. The number of carbonyl (C=O) groups excluding carboxylic acids is 2. The van der Waals surface area contributed by atoms with E-state index in [-0.39, 0.29) is 11.9 Å². The maximum Gasteiger partial charge on any atom is 0.302 e. The molecular weight excluding hydrogens is 376 g/mol. The summed E-state index contributed by atoms with van der Waals surface area (Å²) in [6.45, 7) is 4.11. The van der Waals surface area contributed by atoms with Gasteiger partial charge in [0.1, 0.15) is 0 Å². The first-order valence-electron chi connectivity index (χ1n) is 12.5. The quantitative estimate of drug-likeness (QED) is 0.101. The van der Waals surface area contributed by atoms with E-state index in [1.54, 1.807) is 0 Å². The average Bonchev–Trinajstić information content (AvgIpc) is 2.70. The van der Waals surface area contributed by atoms with Gasteiger partial charge in [0, 0.05) is 13.8 Å². The first-order valence-corrected chi connectivity index (χ1v) is 12.5. The van der Waals surface area contributed by atoms with Crippen LogP contribution in [0.2, 0.25) is 0 Å². The minimum absolute atomic E-state index is 0.166. The molecule has 0 saturated carbocycles. The first-order chi connectivity index (χ1) is 14.6. The summed E-state index contributed by atoms with van der Waals surface area (Å²) in [5, 5.41) is 0. The zero-order chi connectivity index (χ0) is 22.1.